The van der Waals surface area contributed by atoms with Crippen molar-refractivity contribution in [1.82, 2.24) is 0 Å². The first kappa shape index (κ1) is 20.4. The lowest BCUT2D eigenvalue weighted by Gasteiger charge is -2.65. The summed E-state index contributed by atoms with van der Waals surface area (Å²) in [6.45, 7) is 16.1. The number of epoxide rings is 1. The van der Waals surface area contributed by atoms with Gasteiger partial charge in [-0.3, -0.25) is 0 Å². The van der Waals surface area contributed by atoms with Crippen LogP contribution in [0.4, 0.5) is 0 Å². The fraction of sp³-hybridized carbons (Fsp3) is 0.875. The first-order valence-electron chi connectivity index (χ1n) is 11.4. The summed E-state index contributed by atoms with van der Waals surface area (Å²) in [4.78, 5) is 12.1. The van der Waals surface area contributed by atoms with Crippen molar-refractivity contribution in [2.45, 2.75) is 92.0 Å². The number of cyclic esters (lactones) is 1. The second-order valence-electron chi connectivity index (χ2n) is 10.4. The Morgan fingerprint density at radius 1 is 1.18 bits per heavy atom. The summed E-state index contributed by atoms with van der Waals surface area (Å²) < 4.78 is 11.9. The third kappa shape index (κ3) is 2.12. The van der Waals surface area contributed by atoms with Crippen molar-refractivity contribution in [2.24, 2.45) is 34.5 Å². The molecule has 3 fully saturated rings. The Bertz CT molecular complexity index is 711. The predicted molar refractivity (Wildman–Crippen MR) is 109 cm³/mol. The van der Waals surface area contributed by atoms with Crippen LogP contribution in [0.15, 0.2) is 11.1 Å². The van der Waals surface area contributed by atoms with E-state index in [-0.39, 0.29) is 29.0 Å². The van der Waals surface area contributed by atoms with E-state index in [0.29, 0.717) is 30.3 Å². The lowest BCUT2D eigenvalue weighted by molar-refractivity contribution is -0.192. The van der Waals surface area contributed by atoms with Gasteiger partial charge in [-0.05, 0) is 60.3 Å². The number of aliphatic hydroxyl groups excluding tert-OH is 1. The molecule has 4 heteroatoms. The average Bonchev–Trinajstić information content (AvgIpc) is 3.29. The zero-order valence-corrected chi connectivity index (χ0v) is 18.7. The molecule has 5 aliphatic rings. The molecule has 2 heterocycles. The fourth-order valence-corrected chi connectivity index (χ4v) is 7.77. The van der Waals surface area contributed by atoms with Gasteiger partial charge in [0.15, 0.2) is 0 Å². The summed E-state index contributed by atoms with van der Waals surface area (Å²) in [6.07, 6.45) is 3.51. The van der Waals surface area contributed by atoms with Gasteiger partial charge in [-0.25, -0.2) is 4.79 Å². The third-order valence-corrected chi connectivity index (χ3v) is 9.60. The van der Waals surface area contributed by atoms with E-state index in [1.807, 2.05) is 13.8 Å². The van der Waals surface area contributed by atoms with E-state index in [9.17, 15) is 9.90 Å². The molecule has 1 N–H and O–H groups in total. The second kappa shape index (κ2) is 6.31. The van der Waals surface area contributed by atoms with Crippen molar-refractivity contribution in [3.63, 3.8) is 0 Å². The molecule has 0 bridgehead atoms. The predicted octanol–water partition coefficient (Wildman–Crippen LogP) is 4.50. The first-order valence-corrected chi connectivity index (χ1v) is 11.4. The van der Waals surface area contributed by atoms with Crippen molar-refractivity contribution in [1.29, 1.82) is 0 Å². The van der Waals surface area contributed by atoms with E-state index in [4.69, 9.17) is 9.47 Å². The number of hydrogen-bond acceptors (Lipinski definition) is 4. The van der Waals surface area contributed by atoms with Crippen LogP contribution in [0.2, 0.25) is 0 Å². The van der Waals surface area contributed by atoms with Gasteiger partial charge in [0, 0.05) is 11.0 Å². The van der Waals surface area contributed by atoms with Crippen LogP contribution >= 0.6 is 0 Å². The van der Waals surface area contributed by atoms with Crippen molar-refractivity contribution in [2.75, 3.05) is 6.61 Å². The Morgan fingerprint density at radius 3 is 2.50 bits per heavy atom. The van der Waals surface area contributed by atoms with E-state index >= 15 is 0 Å². The van der Waals surface area contributed by atoms with Crippen molar-refractivity contribution >= 4 is 5.97 Å². The van der Waals surface area contributed by atoms with Gasteiger partial charge in [0.25, 0.3) is 0 Å². The highest BCUT2D eigenvalue weighted by Gasteiger charge is 2.82. The number of rotatable bonds is 1. The second-order valence-corrected chi connectivity index (χ2v) is 10.4. The van der Waals surface area contributed by atoms with Gasteiger partial charge in [0.05, 0.1) is 12.2 Å². The maximum absolute atomic E-state index is 12.1. The molecule has 1 saturated heterocycles. The third-order valence-electron chi connectivity index (χ3n) is 9.60. The Kier molecular flexibility index (Phi) is 4.60. The van der Waals surface area contributed by atoms with E-state index in [1.54, 1.807) is 0 Å². The molecule has 2 saturated carbocycles. The standard InChI is InChI=1S/C22H32O4.C2H6/c1-11(2)14-8-12(3)21(5)20(4)7-6-13-15(10-25-19(13)24)16(20)9-17-22(21,26-17)18(14)23;1-2/h11-12,14,16-18,23H,6-10H2,1-5H3;1-2H3. The molecule has 158 valence electrons. The minimum atomic E-state index is -0.396. The van der Waals surface area contributed by atoms with Crippen LogP contribution in [0.3, 0.4) is 0 Å². The molecular weight excluding hydrogens is 352 g/mol. The van der Waals surface area contributed by atoms with Crippen LogP contribution in [-0.2, 0) is 14.3 Å². The van der Waals surface area contributed by atoms with Crippen LogP contribution in [0.5, 0.6) is 0 Å². The van der Waals surface area contributed by atoms with Gasteiger partial charge < -0.3 is 14.6 Å². The molecular formula is C24H38O4. The van der Waals surface area contributed by atoms with Gasteiger partial charge in [0.2, 0.25) is 0 Å². The highest BCUT2D eigenvalue weighted by Crippen LogP contribution is 2.77. The number of carbonyl (C=O) groups excluding carboxylic acids is 1. The smallest absolute Gasteiger partial charge is 0.334 e. The minimum absolute atomic E-state index is 0.0369. The Labute approximate surface area is 170 Å². The Hall–Kier alpha value is -0.870. The van der Waals surface area contributed by atoms with Crippen LogP contribution in [0.1, 0.15) is 74.1 Å². The number of aliphatic hydroxyl groups is 1. The van der Waals surface area contributed by atoms with Crippen LogP contribution < -0.4 is 0 Å². The molecule has 2 aliphatic heterocycles. The number of carbonyl (C=O) groups is 1. The number of ether oxygens (including phenoxy) is 2. The summed E-state index contributed by atoms with van der Waals surface area (Å²) >= 11 is 0. The largest absolute Gasteiger partial charge is 0.458 e. The lowest BCUT2D eigenvalue weighted by Crippen LogP contribution is -2.68. The molecule has 0 amide bonds. The van der Waals surface area contributed by atoms with E-state index < -0.39 is 5.60 Å². The fourth-order valence-electron chi connectivity index (χ4n) is 7.77. The molecule has 0 radical (unpaired) electrons. The molecule has 0 aromatic heterocycles. The van der Waals surface area contributed by atoms with E-state index in [2.05, 4.69) is 34.6 Å². The average molecular weight is 391 g/mol. The SMILES string of the molecule is CC.CC(C)C1CC(C)C2(C)C3(C)CCC4=C(COC4=O)C3CC3OC32C1O. The van der Waals surface area contributed by atoms with Gasteiger partial charge in [-0.15, -0.1) is 0 Å². The molecule has 5 rings (SSSR count). The molecule has 4 nitrogen and oxygen atoms in total. The number of esters is 1. The molecule has 8 atom stereocenters. The first-order chi connectivity index (χ1) is 13.2. The van der Waals surface area contributed by atoms with Gasteiger partial charge in [0.1, 0.15) is 12.2 Å². The van der Waals surface area contributed by atoms with Crippen LogP contribution in [-0.4, -0.2) is 35.5 Å². The maximum atomic E-state index is 12.1. The summed E-state index contributed by atoms with van der Waals surface area (Å²) in [6, 6.07) is 0. The molecule has 0 aromatic rings. The molecule has 0 aromatic carbocycles. The van der Waals surface area contributed by atoms with Crippen LogP contribution in [0.25, 0.3) is 0 Å². The lowest BCUT2D eigenvalue weighted by atomic mass is 9.38. The van der Waals surface area contributed by atoms with Crippen molar-refractivity contribution in [3.05, 3.63) is 11.1 Å². The number of hydrogen-bond donors (Lipinski definition) is 1. The van der Waals surface area contributed by atoms with Gasteiger partial charge in [-0.1, -0.05) is 48.5 Å². The van der Waals surface area contributed by atoms with E-state index in [0.717, 1.165) is 31.3 Å². The molecule has 3 aliphatic carbocycles. The summed E-state index contributed by atoms with van der Waals surface area (Å²) in [7, 11) is 0. The Morgan fingerprint density at radius 2 is 1.86 bits per heavy atom. The highest BCUT2D eigenvalue weighted by atomic mass is 16.6. The maximum Gasteiger partial charge on any atom is 0.334 e. The van der Waals surface area contributed by atoms with Gasteiger partial charge in [-0.2, -0.15) is 0 Å². The Balaban J connectivity index is 0.000000932. The normalized spacial score (nSPS) is 51.3. The summed E-state index contributed by atoms with van der Waals surface area (Å²) in [5, 5.41) is 11.4. The number of fused-ring (bicyclic) bond motifs is 3. The van der Waals surface area contributed by atoms with Crippen molar-refractivity contribution < 1.29 is 19.4 Å². The zero-order chi connectivity index (χ0) is 20.6. The van der Waals surface area contributed by atoms with Gasteiger partial charge >= 0.3 is 5.97 Å². The van der Waals surface area contributed by atoms with E-state index in [1.165, 1.54) is 5.57 Å². The quantitative estimate of drug-likeness (QED) is 0.529. The van der Waals surface area contributed by atoms with Crippen LogP contribution in [0, 0.1) is 34.5 Å². The molecule has 28 heavy (non-hydrogen) atoms. The minimum Gasteiger partial charge on any atom is -0.458 e. The zero-order valence-electron chi connectivity index (χ0n) is 18.7. The monoisotopic (exact) mass is 390 g/mol. The summed E-state index contributed by atoms with van der Waals surface area (Å²) in [5.41, 5.74) is 1.74. The molecule has 1 spiro atoms. The molecule has 8 unspecified atom stereocenters. The topological polar surface area (TPSA) is 59.1 Å². The highest BCUT2D eigenvalue weighted by molar-refractivity contribution is 5.92. The van der Waals surface area contributed by atoms with Crippen molar-refractivity contribution in [3.8, 4) is 0 Å². The summed E-state index contributed by atoms with van der Waals surface area (Å²) in [5.74, 6) is 1.49.